The summed E-state index contributed by atoms with van der Waals surface area (Å²) in [6, 6.07) is 5.12. The van der Waals surface area contributed by atoms with Crippen molar-refractivity contribution in [3.05, 3.63) is 71.8 Å². The molecule has 4 rings (SSSR count). The zero-order valence-corrected chi connectivity index (χ0v) is 23.9. The Labute approximate surface area is 249 Å². The van der Waals surface area contributed by atoms with Gasteiger partial charge in [-0.3, -0.25) is 9.78 Å². The Morgan fingerprint density at radius 2 is 1.77 bits per heavy atom. The normalized spacial score (nSPS) is 18.0. The lowest BCUT2D eigenvalue weighted by atomic mass is 10.2. The van der Waals surface area contributed by atoms with E-state index in [1.54, 1.807) is 0 Å². The minimum atomic E-state index is -4.51. The van der Waals surface area contributed by atoms with Crippen LogP contribution in [0.4, 0.5) is 27.9 Å². The second-order valence-electron chi connectivity index (χ2n) is 9.70. The van der Waals surface area contributed by atoms with Crippen LogP contribution in [0.5, 0.6) is 5.75 Å². The molecule has 2 N–H and O–H groups in total. The van der Waals surface area contributed by atoms with Crippen LogP contribution < -0.4 is 15.0 Å². The minimum Gasteiger partial charge on any atom is -0.489 e. The summed E-state index contributed by atoms with van der Waals surface area (Å²) in [5, 5.41) is 12.4. The van der Waals surface area contributed by atoms with Gasteiger partial charge in [0.25, 0.3) is 5.91 Å². The van der Waals surface area contributed by atoms with E-state index in [9.17, 15) is 40.3 Å². The number of ether oxygens (including phenoxy) is 2. The minimum absolute atomic E-state index is 0.00178. The number of hydrogen-bond acceptors (Lipinski definition) is 10. The van der Waals surface area contributed by atoms with Crippen molar-refractivity contribution >= 4 is 21.7 Å². The van der Waals surface area contributed by atoms with Crippen LogP contribution in [-0.2, 0) is 20.8 Å². The molecule has 0 unspecified atom stereocenters. The summed E-state index contributed by atoms with van der Waals surface area (Å²) >= 11 is 0. The van der Waals surface area contributed by atoms with Gasteiger partial charge in [-0.1, -0.05) is 6.92 Å². The third-order valence-corrected chi connectivity index (χ3v) is 8.50. The first kappa shape index (κ1) is 32.9. The van der Waals surface area contributed by atoms with Crippen molar-refractivity contribution in [3.63, 3.8) is 0 Å². The van der Waals surface area contributed by atoms with Crippen LogP contribution in [0.15, 0.2) is 59.9 Å². The number of carbonyl (C=O) groups is 1. The lowest BCUT2D eigenvalue weighted by Crippen LogP contribution is -2.36. The van der Waals surface area contributed by atoms with Gasteiger partial charge in [-0.25, -0.2) is 18.4 Å². The monoisotopic (exact) mass is 645 g/mol. The molecule has 3 aromatic rings. The largest absolute Gasteiger partial charge is 0.489 e. The lowest BCUT2D eigenvalue weighted by molar-refractivity contribution is -0.137. The summed E-state index contributed by atoms with van der Waals surface area (Å²) in [4.78, 5) is 26.8. The van der Waals surface area contributed by atoms with Crippen LogP contribution in [0.2, 0.25) is 0 Å². The number of benzene rings is 1. The highest BCUT2D eigenvalue weighted by molar-refractivity contribution is 7.91. The molecule has 0 aliphatic carbocycles. The van der Waals surface area contributed by atoms with Crippen LogP contribution in [-0.4, -0.2) is 78.7 Å². The Kier molecular flexibility index (Phi) is 10.3. The topological polar surface area (TPSA) is 144 Å². The third-order valence-electron chi connectivity index (χ3n) is 6.78. The first-order valence-electron chi connectivity index (χ1n) is 13.2. The van der Waals surface area contributed by atoms with Gasteiger partial charge in [0.1, 0.15) is 11.9 Å². The Balaban J connectivity index is 1.44. The molecule has 0 bridgehead atoms. The highest BCUT2D eigenvalue weighted by Gasteiger charge is 2.36. The fourth-order valence-corrected chi connectivity index (χ4v) is 5.27. The molecule has 2 aromatic heterocycles. The number of aliphatic hydroxyl groups is 1. The van der Waals surface area contributed by atoms with Gasteiger partial charge >= 0.3 is 12.8 Å². The number of sulfone groups is 1. The van der Waals surface area contributed by atoms with Gasteiger partial charge in [-0.05, 0) is 36.4 Å². The van der Waals surface area contributed by atoms with Gasteiger partial charge in [0, 0.05) is 25.0 Å². The molecule has 1 fully saturated rings. The number of pyridine rings is 1. The van der Waals surface area contributed by atoms with Gasteiger partial charge in [0.05, 0.1) is 59.3 Å². The Bertz CT molecular complexity index is 1510. The van der Waals surface area contributed by atoms with Crippen molar-refractivity contribution in [1.82, 2.24) is 20.3 Å². The molecule has 1 saturated heterocycles. The molecule has 17 heteroatoms. The maximum Gasteiger partial charge on any atom is 0.416 e. The average Bonchev–Trinajstić information content (AvgIpc) is 3.41. The van der Waals surface area contributed by atoms with Gasteiger partial charge in [-0.2, -0.15) is 22.0 Å². The summed E-state index contributed by atoms with van der Waals surface area (Å²) in [7, 11) is -3.49. The zero-order valence-electron chi connectivity index (χ0n) is 23.1. The van der Waals surface area contributed by atoms with E-state index in [0.717, 1.165) is 30.5 Å². The third kappa shape index (κ3) is 8.15. The fraction of sp³-hybridized carbons (Fsp3) is 0.407. The molecular weight excluding hydrogens is 617 g/mol. The van der Waals surface area contributed by atoms with Crippen molar-refractivity contribution < 1.29 is 49.7 Å². The molecule has 0 radical (unpaired) electrons. The van der Waals surface area contributed by atoms with Crippen molar-refractivity contribution in [1.29, 1.82) is 0 Å². The van der Waals surface area contributed by atoms with Gasteiger partial charge in [0.15, 0.2) is 9.84 Å². The molecule has 1 aliphatic heterocycles. The molecule has 238 valence electrons. The molecule has 1 aliphatic rings. The maximum atomic E-state index is 12.9. The number of carbonyl (C=O) groups excluding carboxylic acids is 1. The summed E-state index contributed by atoms with van der Waals surface area (Å²) < 4.78 is 98.5. The van der Waals surface area contributed by atoms with Crippen molar-refractivity contribution in [2.45, 2.75) is 49.2 Å². The van der Waals surface area contributed by atoms with Gasteiger partial charge in [-0.15, -0.1) is 0 Å². The van der Waals surface area contributed by atoms with Crippen molar-refractivity contribution in [3.8, 4) is 5.75 Å². The van der Waals surface area contributed by atoms with E-state index in [1.807, 2.05) is 0 Å². The molecule has 0 spiro atoms. The Hall–Kier alpha value is -3.96. The maximum absolute atomic E-state index is 12.9. The smallest absolute Gasteiger partial charge is 0.416 e. The lowest BCUT2D eigenvalue weighted by Gasteiger charge is -2.24. The van der Waals surface area contributed by atoms with Crippen LogP contribution >= 0.6 is 0 Å². The number of aromatic nitrogens is 3. The number of aliphatic hydroxyl groups excluding tert-OH is 1. The second kappa shape index (κ2) is 13.8. The number of nitrogens with one attached hydrogen (secondary N) is 1. The van der Waals surface area contributed by atoms with Crippen LogP contribution in [0.25, 0.3) is 0 Å². The van der Waals surface area contributed by atoms with E-state index in [0.29, 0.717) is 0 Å². The summed E-state index contributed by atoms with van der Waals surface area (Å²) in [6.45, 7) is -2.42. The molecule has 1 amide bonds. The van der Waals surface area contributed by atoms with Crippen molar-refractivity contribution in [2.75, 3.05) is 30.4 Å². The van der Waals surface area contributed by atoms with Crippen molar-refractivity contribution in [2.24, 2.45) is 0 Å². The number of nitrogens with zero attached hydrogens (tertiary/aromatic N) is 4. The number of anilines is 1. The number of amides is 1. The highest BCUT2D eigenvalue weighted by Crippen LogP contribution is 2.32. The molecule has 11 nitrogen and oxygen atoms in total. The second-order valence-corrected chi connectivity index (χ2v) is 12.0. The quantitative estimate of drug-likeness (QED) is 0.281. The first-order chi connectivity index (χ1) is 20.8. The zero-order chi connectivity index (χ0) is 32.1. The van der Waals surface area contributed by atoms with E-state index in [2.05, 4.69) is 25.0 Å². The Morgan fingerprint density at radius 1 is 1.09 bits per heavy atom. The summed E-state index contributed by atoms with van der Waals surface area (Å²) in [5.41, 5.74) is -0.637. The Morgan fingerprint density at radius 3 is 2.32 bits per heavy atom. The van der Waals surface area contributed by atoms with E-state index >= 15 is 0 Å². The number of alkyl halides is 5. The molecule has 3 heterocycles. The first-order valence-corrected chi connectivity index (χ1v) is 14.9. The van der Waals surface area contributed by atoms with E-state index in [4.69, 9.17) is 4.74 Å². The van der Waals surface area contributed by atoms with E-state index in [-0.39, 0.29) is 46.6 Å². The molecule has 44 heavy (non-hydrogen) atoms. The van der Waals surface area contributed by atoms with Crippen LogP contribution in [0.1, 0.15) is 41.0 Å². The molecule has 3 atom stereocenters. The molecule has 0 saturated carbocycles. The van der Waals surface area contributed by atoms with Gasteiger partial charge < -0.3 is 24.8 Å². The predicted octanol–water partition coefficient (Wildman–Crippen LogP) is 3.41. The fourth-order valence-electron chi connectivity index (χ4n) is 4.45. The SMILES string of the molecule is CCS(=O)(=O)c1ccc([C@H](CO)NC(=O)c2cnc(N3C[C@@H](Oc4ccc(C(F)(F)F)cc4)C[C@H]3COC(F)F)nc2)nc1. The highest BCUT2D eigenvalue weighted by atomic mass is 32.2. The number of halogens is 5. The summed E-state index contributed by atoms with van der Waals surface area (Å²) in [5.74, 6) is -0.573. The van der Waals surface area contributed by atoms with Crippen LogP contribution in [0, 0.1) is 0 Å². The van der Waals surface area contributed by atoms with Crippen LogP contribution in [0.3, 0.4) is 0 Å². The average molecular weight is 646 g/mol. The predicted molar refractivity (Wildman–Crippen MR) is 145 cm³/mol. The number of rotatable bonds is 12. The van der Waals surface area contributed by atoms with E-state index < -0.39 is 65.5 Å². The molecule has 1 aromatic carbocycles. The van der Waals surface area contributed by atoms with E-state index in [1.165, 1.54) is 36.4 Å². The number of hydrogen-bond donors (Lipinski definition) is 2. The van der Waals surface area contributed by atoms with Gasteiger partial charge in [0.2, 0.25) is 5.95 Å². The molecular formula is C27H28F5N5O6S. The standard InChI is InChI=1S/C27H28F5N5O6S/c1-2-44(40,41)21-7-8-22(33-12-21)23(14-38)36-24(39)16-10-34-26(35-11-16)37-13-20(9-18(37)15-42-25(28)29)43-19-5-3-17(4-6-19)27(30,31)32/h3-8,10-12,18,20,23,25,38H,2,9,13-15H2,1H3,(H,36,39)/t18-,20-,23-/m0/s1. The summed E-state index contributed by atoms with van der Waals surface area (Å²) in [6.07, 6.45) is -1.46.